The summed E-state index contributed by atoms with van der Waals surface area (Å²) in [6.07, 6.45) is 0.607. The number of nitrogens with one attached hydrogen (secondary N) is 1. The Bertz CT molecular complexity index is 1010. The molecule has 1 aromatic carbocycles. The summed E-state index contributed by atoms with van der Waals surface area (Å²) < 4.78 is 12.8. The van der Waals surface area contributed by atoms with Gasteiger partial charge in [-0.1, -0.05) is 11.3 Å². The number of carboxylic acid groups (broad SMARTS) is 1. The van der Waals surface area contributed by atoms with Gasteiger partial charge in [0.25, 0.3) is 0 Å². The van der Waals surface area contributed by atoms with Gasteiger partial charge in [0.05, 0.1) is 24.5 Å². The molecule has 0 atom stereocenters. The van der Waals surface area contributed by atoms with Crippen molar-refractivity contribution in [3.63, 3.8) is 0 Å². The van der Waals surface area contributed by atoms with E-state index in [4.69, 9.17) is 9.39 Å². The number of ether oxygens (including phenoxy) is 1. The molecule has 12 heteroatoms. The Kier molecular flexibility index (Phi) is 5.83. The fourth-order valence-corrected chi connectivity index (χ4v) is 3.77. The summed E-state index contributed by atoms with van der Waals surface area (Å²) in [7, 11) is 0.777. The summed E-state index contributed by atoms with van der Waals surface area (Å²) >= 11 is 0. The molecule has 0 radical (unpaired) electrons. The fraction of sp³-hybridized carbons (Fsp3) is 0.474. The van der Waals surface area contributed by atoms with Gasteiger partial charge in [-0.25, -0.2) is 9.48 Å². The molecule has 1 amide bonds. The molecule has 0 spiro atoms. The number of aromatic carboxylic acids is 1. The highest BCUT2D eigenvalue weighted by Gasteiger charge is 2.35. The van der Waals surface area contributed by atoms with E-state index in [-0.39, 0.29) is 35.6 Å². The topological polar surface area (TPSA) is 139 Å². The standard InChI is InChI=1S/C19H24BN5O6/c1-11-14(7-21-2)25(23-22-11)10-16(26)24-8-13(9-24)30-15-4-3-12-5-6-20(29)31-18(12)17(15)19(27)28/h3-4,13,21,29H,5-10H2,1-2H3,(H,27,28). The SMILES string of the molecule is CNCc1c(C)nnn1CC(=O)N1CC(Oc2ccc3c(c2C(=O)O)OB(O)CC3)C1. The summed E-state index contributed by atoms with van der Waals surface area (Å²) in [5.41, 5.74) is 2.25. The number of fused-ring (bicyclic) bond motifs is 1. The second-order valence-electron chi connectivity index (χ2n) is 7.69. The van der Waals surface area contributed by atoms with Gasteiger partial charge in [0, 0.05) is 6.54 Å². The maximum Gasteiger partial charge on any atom is 0.522 e. The summed E-state index contributed by atoms with van der Waals surface area (Å²) in [6.45, 7) is 3.16. The van der Waals surface area contributed by atoms with Crippen LogP contribution < -0.4 is 14.7 Å². The van der Waals surface area contributed by atoms with Crippen LogP contribution in [0, 0.1) is 6.92 Å². The van der Waals surface area contributed by atoms with Crippen molar-refractivity contribution in [2.45, 2.75) is 38.9 Å². The van der Waals surface area contributed by atoms with Crippen molar-refractivity contribution in [2.75, 3.05) is 20.1 Å². The van der Waals surface area contributed by atoms with Gasteiger partial charge in [-0.05, 0) is 38.3 Å². The van der Waals surface area contributed by atoms with E-state index in [1.54, 1.807) is 21.7 Å². The van der Waals surface area contributed by atoms with Gasteiger partial charge in [0.1, 0.15) is 29.7 Å². The van der Waals surface area contributed by atoms with Gasteiger partial charge < -0.3 is 29.7 Å². The molecule has 4 rings (SSSR count). The van der Waals surface area contributed by atoms with Crippen molar-refractivity contribution in [3.8, 4) is 11.5 Å². The minimum atomic E-state index is -1.19. The maximum absolute atomic E-state index is 12.6. The van der Waals surface area contributed by atoms with Crippen molar-refractivity contribution < 1.29 is 29.1 Å². The van der Waals surface area contributed by atoms with Crippen LogP contribution in [0.3, 0.4) is 0 Å². The number of aromatic nitrogens is 3. The fourth-order valence-electron chi connectivity index (χ4n) is 3.77. The predicted molar refractivity (Wildman–Crippen MR) is 109 cm³/mol. The van der Waals surface area contributed by atoms with Crippen molar-refractivity contribution in [2.24, 2.45) is 0 Å². The van der Waals surface area contributed by atoms with E-state index in [0.29, 0.717) is 32.4 Å². The maximum atomic E-state index is 12.6. The van der Waals surface area contributed by atoms with E-state index in [2.05, 4.69) is 15.6 Å². The molecule has 1 saturated heterocycles. The van der Waals surface area contributed by atoms with Crippen LogP contribution in [0.25, 0.3) is 0 Å². The summed E-state index contributed by atoms with van der Waals surface area (Å²) in [6, 6.07) is 3.36. The molecule has 1 fully saturated rings. The second kappa shape index (κ2) is 8.56. The number of carboxylic acids is 1. The Balaban J connectivity index is 1.40. The predicted octanol–water partition coefficient (Wildman–Crippen LogP) is -0.291. The molecule has 11 nitrogen and oxygen atoms in total. The lowest BCUT2D eigenvalue weighted by Gasteiger charge is -2.39. The van der Waals surface area contributed by atoms with Gasteiger partial charge in [0.2, 0.25) is 5.91 Å². The van der Waals surface area contributed by atoms with Crippen LogP contribution in [-0.4, -0.2) is 75.3 Å². The van der Waals surface area contributed by atoms with Crippen LogP contribution in [0.4, 0.5) is 0 Å². The third kappa shape index (κ3) is 4.21. The van der Waals surface area contributed by atoms with Gasteiger partial charge in [-0.15, -0.1) is 5.10 Å². The van der Waals surface area contributed by atoms with Crippen LogP contribution in [-0.2, 0) is 24.3 Å². The number of carbonyl (C=O) groups is 2. The number of carbonyl (C=O) groups excluding carboxylic acids is 1. The molecule has 2 aliphatic heterocycles. The lowest BCUT2D eigenvalue weighted by molar-refractivity contribution is -0.140. The molecular weight excluding hydrogens is 405 g/mol. The van der Waals surface area contributed by atoms with Crippen LogP contribution in [0.5, 0.6) is 11.5 Å². The molecular formula is C19H24BN5O6. The van der Waals surface area contributed by atoms with E-state index in [1.807, 2.05) is 14.0 Å². The van der Waals surface area contributed by atoms with Gasteiger partial charge in [0.15, 0.2) is 0 Å². The first-order valence-electron chi connectivity index (χ1n) is 10.1. The Labute approximate surface area is 179 Å². The molecule has 0 unspecified atom stereocenters. The molecule has 31 heavy (non-hydrogen) atoms. The molecule has 3 N–H and O–H groups in total. The Hall–Kier alpha value is -3.12. The van der Waals surface area contributed by atoms with E-state index >= 15 is 0 Å². The first-order chi connectivity index (χ1) is 14.9. The summed E-state index contributed by atoms with van der Waals surface area (Å²) in [5, 5.41) is 30.5. The molecule has 0 bridgehead atoms. The number of aryl methyl sites for hydroxylation is 2. The average molecular weight is 429 g/mol. The first-order valence-corrected chi connectivity index (χ1v) is 10.1. The largest absolute Gasteiger partial charge is 0.535 e. The molecule has 0 saturated carbocycles. The molecule has 164 valence electrons. The summed E-state index contributed by atoms with van der Waals surface area (Å²) in [4.78, 5) is 26.0. The number of nitrogens with zero attached hydrogens (tertiary/aromatic N) is 4. The molecule has 2 aliphatic rings. The van der Waals surface area contributed by atoms with Crippen LogP contribution in [0.2, 0.25) is 6.32 Å². The average Bonchev–Trinajstić information content (AvgIpc) is 3.03. The quantitative estimate of drug-likeness (QED) is 0.507. The van der Waals surface area contributed by atoms with Gasteiger partial charge in [-0.3, -0.25) is 4.79 Å². The van der Waals surface area contributed by atoms with E-state index in [9.17, 15) is 19.7 Å². The van der Waals surface area contributed by atoms with E-state index in [0.717, 1.165) is 17.0 Å². The highest BCUT2D eigenvalue weighted by molar-refractivity contribution is 6.44. The number of amides is 1. The van der Waals surface area contributed by atoms with Crippen LogP contribution >= 0.6 is 0 Å². The zero-order valence-electron chi connectivity index (χ0n) is 17.4. The molecule has 3 heterocycles. The minimum absolute atomic E-state index is 0.0789. The second-order valence-corrected chi connectivity index (χ2v) is 7.69. The zero-order valence-corrected chi connectivity index (χ0v) is 17.4. The Morgan fingerprint density at radius 1 is 1.39 bits per heavy atom. The number of hydrogen-bond donors (Lipinski definition) is 3. The van der Waals surface area contributed by atoms with E-state index < -0.39 is 13.1 Å². The summed E-state index contributed by atoms with van der Waals surface area (Å²) in [5.74, 6) is -0.987. The molecule has 1 aromatic heterocycles. The van der Waals surface area contributed by atoms with E-state index in [1.165, 1.54) is 0 Å². The Morgan fingerprint density at radius 3 is 2.87 bits per heavy atom. The Morgan fingerprint density at radius 2 is 2.16 bits per heavy atom. The number of benzene rings is 1. The highest BCUT2D eigenvalue weighted by atomic mass is 16.5. The van der Waals surface area contributed by atoms with Crippen molar-refractivity contribution >= 4 is 19.0 Å². The number of rotatable bonds is 7. The monoisotopic (exact) mass is 429 g/mol. The number of hydrogen-bond acceptors (Lipinski definition) is 8. The first kappa shape index (κ1) is 21.1. The van der Waals surface area contributed by atoms with Crippen molar-refractivity contribution in [1.82, 2.24) is 25.2 Å². The van der Waals surface area contributed by atoms with Crippen molar-refractivity contribution in [1.29, 1.82) is 0 Å². The normalized spacial score (nSPS) is 15.8. The number of likely N-dealkylation sites (tertiary alicyclic amines) is 1. The third-order valence-electron chi connectivity index (χ3n) is 5.48. The molecule has 0 aliphatic carbocycles. The lowest BCUT2D eigenvalue weighted by Crippen LogP contribution is -2.57. The van der Waals surface area contributed by atoms with Gasteiger partial charge in [-0.2, -0.15) is 0 Å². The van der Waals surface area contributed by atoms with Crippen molar-refractivity contribution in [3.05, 3.63) is 34.6 Å². The molecule has 2 aromatic rings. The van der Waals surface area contributed by atoms with Crippen LogP contribution in [0.15, 0.2) is 12.1 Å². The van der Waals surface area contributed by atoms with Gasteiger partial charge >= 0.3 is 13.1 Å². The minimum Gasteiger partial charge on any atom is -0.535 e. The highest BCUT2D eigenvalue weighted by Crippen LogP contribution is 2.37. The van der Waals surface area contributed by atoms with Crippen LogP contribution in [0.1, 0.15) is 27.3 Å². The third-order valence-corrected chi connectivity index (χ3v) is 5.48. The lowest BCUT2D eigenvalue weighted by atomic mass is 9.78. The smallest absolute Gasteiger partial charge is 0.522 e. The zero-order chi connectivity index (χ0) is 22.1.